The van der Waals surface area contributed by atoms with Crippen LogP contribution in [0.4, 0.5) is 26.3 Å². The molecule has 2 aromatic rings. The second-order valence-electron chi connectivity index (χ2n) is 9.93. The number of halogens is 6. The molecule has 1 aliphatic rings. The van der Waals surface area contributed by atoms with Crippen LogP contribution in [0, 0.1) is 5.92 Å². The third kappa shape index (κ3) is 6.40. The number of alkyl halides is 6. The van der Waals surface area contributed by atoms with Gasteiger partial charge in [-0.2, -0.15) is 26.3 Å². The van der Waals surface area contributed by atoms with Crippen molar-refractivity contribution in [2.24, 2.45) is 5.92 Å². The molecule has 12 heteroatoms. The van der Waals surface area contributed by atoms with Crippen LogP contribution < -0.4 is 10.2 Å². The Labute approximate surface area is 215 Å². The molecule has 0 saturated carbocycles. The molecule has 2 N–H and O–H groups in total. The first-order valence-electron chi connectivity index (χ1n) is 11.8. The van der Waals surface area contributed by atoms with Gasteiger partial charge in [-0.25, -0.2) is 5.48 Å². The minimum atomic E-state index is -4.96. The van der Waals surface area contributed by atoms with Gasteiger partial charge in [-0.15, -0.1) is 0 Å². The van der Waals surface area contributed by atoms with Crippen molar-refractivity contribution >= 4 is 11.8 Å². The van der Waals surface area contributed by atoms with Crippen LogP contribution in [0.3, 0.4) is 0 Å². The second kappa shape index (κ2) is 10.8. The molecule has 6 nitrogen and oxygen atoms in total. The first-order chi connectivity index (χ1) is 17.6. The largest absolute Gasteiger partial charge is 0.489 e. The van der Waals surface area contributed by atoms with E-state index in [1.54, 1.807) is 24.5 Å². The summed E-state index contributed by atoms with van der Waals surface area (Å²) in [6.45, 7) is 5.24. The van der Waals surface area contributed by atoms with Crippen LogP contribution >= 0.6 is 0 Å². The van der Waals surface area contributed by atoms with Gasteiger partial charge in [-0.3, -0.25) is 14.8 Å². The monoisotopic (exact) mass is 546 g/mol. The van der Waals surface area contributed by atoms with E-state index in [1.165, 1.54) is 17.0 Å². The average molecular weight is 547 g/mol. The molecule has 38 heavy (non-hydrogen) atoms. The molecule has 2 unspecified atom stereocenters. The third-order valence-corrected chi connectivity index (χ3v) is 6.61. The molecular weight excluding hydrogens is 518 g/mol. The van der Waals surface area contributed by atoms with Gasteiger partial charge >= 0.3 is 12.4 Å². The van der Waals surface area contributed by atoms with Crippen LogP contribution in [0.1, 0.15) is 55.9 Å². The third-order valence-electron chi connectivity index (χ3n) is 6.61. The zero-order valence-corrected chi connectivity index (χ0v) is 20.9. The summed E-state index contributed by atoms with van der Waals surface area (Å²) in [7, 11) is 0. The SMILES string of the molecule is CC(C)CC(C(=O)NO)N1CCC(C)(c2ccc(OCc3cc(C(F)(F)F)cc(C(F)(F)F)c3)cc2)C1=O. The summed E-state index contributed by atoms with van der Waals surface area (Å²) < 4.78 is 84.0. The number of nitrogens with zero attached hydrogens (tertiary/aromatic N) is 1. The summed E-state index contributed by atoms with van der Waals surface area (Å²) in [6.07, 6.45) is -9.17. The van der Waals surface area contributed by atoms with Gasteiger partial charge in [0.25, 0.3) is 5.91 Å². The summed E-state index contributed by atoms with van der Waals surface area (Å²) in [6, 6.07) is 6.55. The Kier molecular flexibility index (Phi) is 8.35. The van der Waals surface area contributed by atoms with Crippen molar-refractivity contribution in [3.8, 4) is 5.75 Å². The number of hydroxylamine groups is 1. The van der Waals surface area contributed by atoms with Gasteiger partial charge in [0.1, 0.15) is 18.4 Å². The van der Waals surface area contributed by atoms with E-state index >= 15 is 0 Å². The smallest absolute Gasteiger partial charge is 0.416 e. The van der Waals surface area contributed by atoms with Crippen molar-refractivity contribution in [1.29, 1.82) is 0 Å². The van der Waals surface area contributed by atoms with E-state index in [9.17, 15) is 35.9 Å². The maximum Gasteiger partial charge on any atom is 0.416 e. The zero-order valence-electron chi connectivity index (χ0n) is 20.9. The minimum absolute atomic E-state index is 0.0524. The normalized spacial score (nSPS) is 19.1. The molecule has 2 amide bonds. The summed E-state index contributed by atoms with van der Waals surface area (Å²) in [4.78, 5) is 27.0. The van der Waals surface area contributed by atoms with Crippen LogP contribution in [0.25, 0.3) is 0 Å². The fourth-order valence-electron chi connectivity index (χ4n) is 4.52. The van der Waals surface area contributed by atoms with E-state index in [0.717, 1.165) is 0 Å². The van der Waals surface area contributed by atoms with Gasteiger partial charge in [0.05, 0.1) is 16.5 Å². The molecule has 1 aliphatic heterocycles. The summed E-state index contributed by atoms with van der Waals surface area (Å²) in [5, 5.41) is 9.12. The van der Waals surface area contributed by atoms with Crippen molar-refractivity contribution in [1.82, 2.24) is 10.4 Å². The number of rotatable bonds is 8. The van der Waals surface area contributed by atoms with E-state index in [-0.39, 0.29) is 35.7 Å². The van der Waals surface area contributed by atoms with Crippen molar-refractivity contribution in [2.75, 3.05) is 6.54 Å². The Balaban J connectivity index is 1.77. The lowest BCUT2D eigenvalue weighted by Crippen LogP contribution is -2.49. The Morgan fingerprint density at radius 1 is 1.05 bits per heavy atom. The van der Waals surface area contributed by atoms with E-state index < -0.39 is 47.5 Å². The molecule has 1 fully saturated rings. The van der Waals surface area contributed by atoms with Gasteiger partial charge in [0, 0.05) is 6.54 Å². The highest BCUT2D eigenvalue weighted by Gasteiger charge is 2.47. The van der Waals surface area contributed by atoms with Crippen LogP contribution in [0.5, 0.6) is 5.75 Å². The number of hydrogen-bond donors (Lipinski definition) is 2. The Bertz CT molecular complexity index is 1130. The molecule has 0 aromatic heterocycles. The van der Waals surface area contributed by atoms with Crippen LogP contribution in [-0.4, -0.2) is 34.5 Å². The van der Waals surface area contributed by atoms with Crippen LogP contribution in [0.15, 0.2) is 42.5 Å². The van der Waals surface area contributed by atoms with Gasteiger partial charge < -0.3 is 9.64 Å². The fraction of sp³-hybridized carbons (Fsp3) is 0.462. The number of carbonyl (C=O) groups is 2. The fourth-order valence-corrected chi connectivity index (χ4v) is 4.52. The second-order valence-corrected chi connectivity index (χ2v) is 9.93. The molecule has 3 rings (SSSR count). The van der Waals surface area contributed by atoms with E-state index in [0.29, 0.717) is 30.5 Å². The lowest BCUT2D eigenvalue weighted by Gasteiger charge is -2.30. The van der Waals surface area contributed by atoms with Gasteiger partial charge in [0.15, 0.2) is 0 Å². The van der Waals surface area contributed by atoms with Crippen molar-refractivity contribution in [2.45, 2.75) is 64.0 Å². The van der Waals surface area contributed by atoms with Gasteiger partial charge in [-0.1, -0.05) is 26.0 Å². The first kappa shape index (κ1) is 29.3. The molecule has 208 valence electrons. The predicted octanol–water partition coefficient (Wildman–Crippen LogP) is 5.71. The number of ether oxygens (including phenoxy) is 1. The van der Waals surface area contributed by atoms with E-state index in [4.69, 9.17) is 9.94 Å². The molecule has 0 spiro atoms. The molecular formula is C26H28F6N2O4. The number of nitrogens with one attached hydrogen (secondary N) is 1. The summed E-state index contributed by atoms with van der Waals surface area (Å²) >= 11 is 0. The highest BCUT2D eigenvalue weighted by Crippen LogP contribution is 2.39. The topological polar surface area (TPSA) is 78.9 Å². The van der Waals surface area contributed by atoms with Gasteiger partial charge in [-0.05, 0) is 67.1 Å². The molecule has 1 heterocycles. The van der Waals surface area contributed by atoms with Crippen molar-refractivity contribution in [3.05, 3.63) is 64.7 Å². The summed E-state index contributed by atoms with van der Waals surface area (Å²) in [5.41, 5.74) is -1.92. The van der Waals surface area contributed by atoms with E-state index in [1.807, 2.05) is 13.8 Å². The quantitative estimate of drug-likeness (QED) is 0.253. The number of likely N-dealkylation sites (tertiary alicyclic amines) is 1. The molecule has 1 saturated heterocycles. The van der Waals surface area contributed by atoms with E-state index in [2.05, 4.69) is 0 Å². The summed E-state index contributed by atoms with van der Waals surface area (Å²) in [5.74, 6) is -0.715. The van der Waals surface area contributed by atoms with Crippen molar-refractivity contribution in [3.63, 3.8) is 0 Å². The number of amides is 2. The number of benzene rings is 2. The maximum atomic E-state index is 13.3. The van der Waals surface area contributed by atoms with Crippen LogP contribution in [0.2, 0.25) is 0 Å². The molecule has 2 aromatic carbocycles. The molecule has 0 aliphatic carbocycles. The standard InChI is InChI=1S/C26H28F6N2O4/c1-15(2)10-21(22(35)33-37)34-9-8-24(3,23(34)36)17-4-6-20(7-5-17)38-14-16-11-18(25(27,28)29)13-19(12-16)26(30,31)32/h4-7,11-13,15,21,37H,8-10,14H2,1-3H3,(H,33,35). The molecule has 0 bridgehead atoms. The minimum Gasteiger partial charge on any atom is -0.489 e. The first-order valence-corrected chi connectivity index (χ1v) is 11.8. The lowest BCUT2D eigenvalue weighted by molar-refractivity contribution is -0.144. The maximum absolute atomic E-state index is 13.3. The highest BCUT2D eigenvalue weighted by atomic mass is 19.4. The van der Waals surface area contributed by atoms with Crippen molar-refractivity contribution < 1.29 is 45.9 Å². The Morgan fingerprint density at radius 2 is 1.61 bits per heavy atom. The Morgan fingerprint density at radius 3 is 2.08 bits per heavy atom. The zero-order chi connectivity index (χ0) is 28.5. The lowest BCUT2D eigenvalue weighted by atomic mass is 9.81. The number of carbonyl (C=O) groups excluding carboxylic acids is 2. The highest BCUT2D eigenvalue weighted by molar-refractivity contribution is 5.94. The molecule has 2 atom stereocenters. The number of hydrogen-bond acceptors (Lipinski definition) is 4. The van der Waals surface area contributed by atoms with Crippen LogP contribution in [-0.2, 0) is 34.0 Å². The average Bonchev–Trinajstić information content (AvgIpc) is 3.14. The van der Waals surface area contributed by atoms with Gasteiger partial charge in [0.2, 0.25) is 5.91 Å². The predicted molar refractivity (Wildman–Crippen MR) is 124 cm³/mol. The molecule has 0 radical (unpaired) electrons. The Hall–Kier alpha value is -3.28.